The number of thiazole rings is 1. The van der Waals surface area contributed by atoms with E-state index in [4.69, 9.17) is 4.99 Å². The third-order valence-electron chi connectivity index (χ3n) is 4.80. The highest BCUT2D eigenvalue weighted by Crippen LogP contribution is 2.19. The van der Waals surface area contributed by atoms with Gasteiger partial charge in [0.05, 0.1) is 11.4 Å². The minimum atomic E-state index is -0.0862. The largest absolute Gasteiger partial charge is 0.318 e. The second-order valence-electron chi connectivity index (χ2n) is 6.69. The van der Waals surface area contributed by atoms with E-state index in [2.05, 4.69) is 30.7 Å². The first-order valence-electron chi connectivity index (χ1n) is 9.01. The van der Waals surface area contributed by atoms with Gasteiger partial charge in [-0.15, -0.1) is 11.3 Å². The molecule has 1 unspecified atom stereocenters. The molecule has 0 spiro atoms. The zero-order valence-electron chi connectivity index (χ0n) is 16.1. The van der Waals surface area contributed by atoms with E-state index in [0.717, 1.165) is 29.0 Å². The average Bonchev–Trinajstić information content (AvgIpc) is 3.09. The predicted molar refractivity (Wildman–Crippen MR) is 108 cm³/mol. The van der Waals surface area contributed by atoms with Crippen molar-refractivity contribution in [2.75, 3.05) is 0 Å². The molecule has 138 valence electrons. The minimum absolute atomic E-state index is 0.0862. The van der Waals surface area contributed by atoms with Gasteiger partial charge in [0.25, 0.3) is 5.56 Å². The van der Waals surface area contributed by atoms with E-state index in [0.29, 0.717) is 11.7 Å². The third kappa shape index (κ3) is 3.21. The van der Waals surface area contributed by atoms with E-state index in [1.54, 1.807) is 16.0 Å². The first-order valence-corrected chi connectivity index (χ1v) is 9.89. The van der Waals surface area contributed by atoms with Crippen LogP contribution in [-0.2, 0) is 7.05 Å². The highest BCUT2D eigenvalue weighted by molar-refractivity contribution is 7.07. The maximum Gasteiger partial charge on any atom is 0.297 e. The Morgan fingerprint density at radius 1 is 1.19 bits per heavy atom. The lowest BCUT2D eigenvalue weighted by Gasteiger charge is -2.14. The van der Waals surface area contributed by atoms with Gasteiger partial charge in [0.1, 0.15) is 0 Å². The number of nitrogens with zero attached hydrogens (tertiary/aromatic N) is 4. The van der Waals surface area contributed by atoms with Gasteiger partial charge in [-0.05, 0) is 39.3 Å². The van der Waals surface area contributed by atoms with Crippen molar-refractivity contribution >= 4 is 17.0 Å². The van der Waals surface area contributed by atoms with Crippen molar-refractivity contribution < 1.29 is 0 Å². The maximum absolute atomic E-state index is 13.1. The molecule has 2 aromatic heterocycles. The zero-order valence-corrected chi connectivity index (χ0v) is 16.9. The van der Waals surface area contributed by atoms with Crippen LogP contribution >= 0.6 is 11.3 Å². The van der Waals surface area contributed by atoms with Gasteiger partial charge in [0.15, 0.2) is 10.5 Å². The van der Waals surface area contributed by atoms with Gasteiger partial charge in [0, 0.05) is 24.2 Å². The standard InChI is InChI=1S/C20H26N4OS/c1-6-10-14(2)23-15(3)13-26-20(23)21-18-16(4)22(5)24(19(18)25)17-11-8-7-9-12-17/h7-9,11-14H,6,10H2,1-5H3. The number of aromatic nitrogens is 3. The number of hydrogen-bond donors (Lipinski definition) is 0. The number of hydrogen-bond acceptors (Lipinski definition) is 3. The molecule has 0 saturated heterocycles. The summed E-state index contributed by atoms with van der Waals surface area (Å²) in [6.07, 6.45) is 2.21. The van der Waals surface area contributed by atoms with Crippen molar-refractivity contribution in [1.29, 1.82) is 0 Å². The van der Waals surface area contributed by atoms with Crippen molar-refractivity contribution in [2.45, 2.75) is 46.6 Å². The van der Waals surface area contributed by atoms with Crippen LogP contribution < -0.4 is 10.4 Å². The van der Waals surface area contributed by atoms with E-state index < -0.39 is 0 Å². The van der Waals surface area contributed by atoms with E-state index >= 15 is 0 Å². The van der Waals surface area contributed by atoms with Crippen LogP contribution in [0.25, 0.3) is 5.69 Å². The SMILES string of the molecule is CCCC(C)n1c(C)csc1=Nc1c(C)n(C)n(-c2ccccc2)c1=O. The quantitative estimate of drug-likeness (QED) is 0.662. The molecule has 2 heterocycles. The van der Waals surface area contributed by atoms with Crippen molar-refractivity contribution in [3.63, 3.8) is 0 Å². The summed E-state index contributed by atoms with van der Waals surface area (Å²) in [5.41, 5.74) is 3.32. The molecule has 0 aliphatic heterocycles. The van der Waals surface area contributed by atoms with Crippen LogP contribution in [0.1, 0.15) is 44.1 Å². The molecule has 0 fully saturated rings. The summed E-state index contributed by atoms with van der Waals surface area (Å²) in [6, 6.07) is 10.0. The Bertz CT molecular complexity index is 1020. The Morgan fingerprint density at radius 2 is 1.88 bits per heavy atom. The number of aryl methyl sites for hydroxylation is 1. The summed E-state index contributed by atoms with van der Waals surface area (Å²) in [5, 5.41) is 2.11. The van der Waals surface area contributed by atoms with Gasteiger partial charge in [0.2, 0.25) is 0 Å². The molecule has 3 aromatic rings. The van der Waals surface area contributed by atoms with Gasteiger partial charge in [-0.1, -0.05) is 31.5 Å². The van der Waals surface area contributed by atoms with Crippen molar-refractivity contribution in [3.05, 3.63) is 62.3 Å². The predicted octanol–water partition coefficient (Wildman–Crippen LogP) is 4.25. The fourth-order valence-corrected chi connectivity index (χ4v) is 4.32. The normalized spacial score (nSPS) is 13.3. The van der Waals surface area contributed by atoms with Crippen LogP contribution in [0.5, 0.6) is 0 Å². The number of rotatable bonds is 5. The second-order valence-corrected chi connectivity index (χ2v) is 7.53. The summed E-state index contributed by atoms with van der Waals surface area (Å²) < 4.78 is 5.79. The first-order chi connectivity index (χ1) is 12.5. The summed E-state index contributed by atoms with van der Waals surface area (Å²) in [6.45, 7) is 8.44. The van der Waals surface area contributed by atoms with Crippen LogP contribution in [-0.4, -0.2) is 13.9 Å². The molecular formula is C20H26N4OS. The first kappa shape index (κ1) is 18.5. The van der Waals surface area contributed by atoms with Gasteiger partial charge >= 0.3 is 0 Å². The Hall–Kier alpha value is -2.34. The Morgan fingerprint density at radius 3 is 2.54 bits per heavy atom. The molecule has 6 heteroatoms. The number of benzene rings is 1. The van der Waals surface area contributed by atoms with Gasteiger partial charge in [-0.25, -0.2) is 9.67 Å². The lowest BCUT2D eigenvalue weighted by molar-refractivity contribution is 0.481. The topological polar surface area (TPSA) is 44.2 Å². The van der Waals surface area contributed by atoms with Gasteiger partial charge < -0.3 is 4.57 Å². The zero-order chi connectivity index (χ0) is 18.8. The molecule has 0 saturated carbocycles. The number of para-hydroxylation sites is 1. The maximum atomic E-state index is 13.1. The fraction of sp³-hybridized carbons (Fsp3) is 0.400. The van der Waals surface area contributed by atoms with Crippen LogP contribution in [0.4, 0.5) is 5.69 Å². The van der Waals surface area contributed by atoms with E-state index in [1.807, 2.05) is 49.0 Å². The fourth-order valence-electron chi connectivity index (χ4n) is 3.34. The summed E-state index contributed by atoms with van der Waals surface area (Å²) in [4.78, 5) is 18.8. The molecule has 0 radical (unpaired) electrons. The van der Waals surface area contributed by atoms with Crippen molar-refractivity contribution in [2.24, 2.45) is 12.0 Å². The molecule has 1 atom stereocenters. The lowest BCUT2D eigenvalue weighted by atomic mass is 10.2. The van der Waals surface area contributed by atoms with Gasteiger partial charge in [-0.2, -0.15) is 0 Å². The van der Waals surface area contributed by atoms with Crippen molar-refractivity contribution in [1.82, 2.24) is 13.9 Å². The third-order valence-corrected chi connectivity index (χ3v) is 5.76. The molecule has 3 rings (SSSR count). The minimum Gasteiger partial charge on any atom is -0.318 e. The molecule has 0 N–H and O–H groups in total. The highest BCUT2D eigenvalue weighted by Gasteiger charge is 2.17. The van der Waals surface area contributed by atoms with Crippen LogP contribution in [0.15, 0.2) is 45.5 Å². The van der Waals surface area contributed by atoms with E-state index in [9.17, 15) is 4.79 Å². The Labute approximate surface area is 157 Å². The average molecular weight is 371 g/mol. The summed E-state index contributed by atoms with van der Waals surface area (Å²) >= 11 is 1.59. The molecule has 1 aromatic carbocycles. The lowest BCUT2D eigenvalue weighted by Crippen LogP contribution is -2.21. The Kier molecular flexibility index (Phi) is 5.32. The van der Waals surface area contributed by atoms with E-state index in [1.165, 1.54) is 5.69 Å². The highest BCUT2D eigenvalue weighted by atomic mass is 32.1. The molecule has 26 heavy (non-hydrogen) atoms. The van der Waals surface area contributed by atoms with Crippen LogP contribution in [0, 0.1) is 13.8 Å². The summed E-state index contributed by atoms with van der Waals surface area (Å²) in [5.74, 6) is 0. The van der Waals surface area contributed by atoms with Crippen LogP contribution in [0.2, 0.25) is 0 Å². The van der Waals surface area contributed by atoms with Gasteiger partial charge in [-0.3, -0.25) is 9.48 Å². The molecule has 0 amide bonds. The van der Waals surface area contributed by atoms with E-state index in [-0.39, 0.29) is 5.56 Å². The molecule has 0 bridgehead atoms. The Balaban J connectivity index is 2.19. The second kappa shape index (κ2) is 7.50. The van der Waals surface area contributed by atoms with Crippen LogP contribution in [0.3, 0.4) is 0 Å². The molecule has 0 aliphatic rings. The van der Waals surface area contributed by atoms with Crippen molar-refractivity contribution in [3.8, 4) is 5.69 Å². The monoisotopic (exact) mass is 370 g/mol. The summed E-state index contributed by atoms with van der Waals surface area (Å²) in [7, 11) is 1.90. The molecular weight excluding hydrogens is 344 g/mol. The molecule has 0 aliphatic carbocycles. The smallest absolute Gasteiger partial charge is 0.297 e. The molecule has 5 nitrogen and oxygen atoms in total.